The van der Waals surface area contributed by atoms with Crippen LogP contribution in [-0.4, -0.2) is 16.1 Å². The van der Waals surface area contributed by atoms with Crippen LogP contribution in [0.2, 0.25) is 0 Å². The highest BCUT2D eigenvalue weighted by Gasteiger charge is 2.04. The minimum absolute atomic E-state index is 0.700. The van der Waals surface area contributed by atoms with E-state index in [0.717, 1.165) is 25.2 Å². The van der Waals surface area contributed by atoms with Crippen molar-refractivity contribution < 1.29 is 0 Å². The molecule has 0 unspecified atom stereocenters. The molecule has 1 heterocycles. The van der Waals surface area contributed by atoms with E-state index in [1.807, 2.05) is 0 Å². The van der Waals surface area contributed by atoms with Gasteiger partial charge in [0.1, 0.15) is 0 Å². The number of aromatic nitrogens is 2. The van der Waals surface area contributed by atoms with Crippen LogP contribution in [-0.2, 0) is 13.0 Å². The van der Waals surface area contributed by atoms with Gasteiger partial charge in [-0.05, 0) is 30.4 Å². The van der Waals surface area contributed by atoms with E-state index >= 15 is 0 Å². The average Bonchev–Trinajstić information content (AvgIpc) is 2.51. The van der Waals surface area contributed by atoms with Crippen molar-refractivity contribution in [3.8, 4) is 0 Å². The molecule has 13 heavy (non-hydrogen) atoms. The van der Waals surface area contributed by atoms with Gasteiger partial charge in [0.05, 0.1) is 10.6 Å². The van der Waals surface area contributed by atoms with Gasteiger partial charge in [-0.3, -0.25) is 0 Å². The maximum Gasteiger partial charge on any atom is 0.0797 e. The first-order chi connectivity index (χ1) is 6.24. The summed E-state index contributed by atoms with van der Waals surface area (Å²) in [4.78, 5) is 1.28. The lowest BCUT2D eigenvalue weighted by molar-refractivity contribution is 0.553. The van der Waals surface area contributed by atoms with Crippen LogP contribution in [0.3, 0.4) is 0 Å². The molecule has 1 N–H and O–H groups in total. The summed E-state index contributed by atoms with van der Waals surface area (Å²) >= 11 is 1.50. The second-order valence-electron chi connectivity index (χ2n) is 3.52. The summed E-state index contributed by atoms with van der Waals surface area (Å²) in [7, 11) is 0. The number of nitrogens with one attached hydrogen (secondary N) is 1. The Kier molecular flexibility index (Phi) is 4.32. The number of nitrogens with zero attached hydrogens (tertiary/aromatic N) is 2. The molecule has 0 radical (unpaired) electrons. The monoisotopic (exact) mass is 199 g/mol. The molecule has 0 amide bonds. The van der Waals surface area contributed by atoms with Gasteiger partial charge in [-0.15, -0.1) is 5.10 Å². The predicted molar refractivity (Wildman–Crippen MR) is 55.8 cm³/mol. The SMILES string of the molecule is CCc1nnsc1CNCC(C)C. The molecular weight excluding hydrogens is 182 g/mol. The van der Waals surface area contributed by atoms with Gasteiger partial charge in [-0.2, -0.15) is 0 Å². The van der Waals surface area contributed by atoms with E-state index in [2.05, 4.69) is 35.7 Å². The Bertz CT molecular complexity index is 245. The fourth-order valence-corrected chi connectivity index (χ4v) is 1.80. The Hall–Kier alpha value is -0.480. The smallest absolute Gasteiger partial charge is 0.0797 e. The molecule has 0 saturated carbocycles. The molecule has 74 valence electrons. The Morgan fingerprint density at radius 1 is 1.46 bits per heavy atom. The van der Waals surface area contributed by atoms with Gasteiger partial charge < -0.3 is 5.32 Å². The van der Waals surface area contributed by atoms with Gasteiger partial charge in [0.15, 0.2) is 0 Å². The lowest BCUT2D eigenvalue weighted by Gasteiger charge is -2.05. The van der Waals surface area contributed by atoms with Crippen LogP contribution < -0.4 is 5.32 Å². The minimum atomic E-state index is 0.700. The van der Waals surface area contributed by atoms with Gasteiger partial charge in [-0.1, -0.05) is 25.3 Å². The molecule has 0 aliphatic rings. The zero-order chi connectivity index (χ0) is 9.68. The van der Waals surface area contributed by atoms with Crippen molar-refractivity contribution >= 4 is 11.5 Å². The van der Waals surface area contributed by atoms with Crippen LogP contribution in [0.5, 0.6) is 0 Å². The summed E-state index contributed by atoms with van der Waals surface area (Å²) in [6, 6.07) is 0. The molecule has 4 heteroatoms. The van der Waals surface area contributed by atoms with Gasteiger partial charge in [0.25, 0.3) is 0 Å². The lowest BCUT2D eigenvalue weighted by atomic mass is 10.2. The topological polar surface area (TPSA) is 37.8 Å². The van der Waals surface area contributed by atoms with Crippen molar-refractivity contribution in [3.05, 3.63) is 10.6 Å². The zero-order valence-corrected chi connectivity index (χ0v) is 9.32. The first-order valence-electron chi connectivity index (χ1n) is 4.74. The van der Waals surface area contributed by atoms with Crippen molar-refractivity contribution in [3.63, 3.8) is 0 Å². The van der Waals surface area contributed by atoms with E-state index in [4.69, 9.17) is 0 Å². The largest absolute Gasteiger partial charge is 0.311 e. The Morgan fingerprint density at radius 3 is 2.85 bits per heavy atom. The Balaban J connectivity index is 2.36. The highest BCUT2D eigenvalue weighted by molar-refractivity contribution is 7.05. The molecule has 0 atom stereocenters. The second-order valence-corrected chi connectivity index (χ2v) is 4.36. The molecule has 0 aromatic carbocycles. The number of aryl methyl sites for hydroxylation is 1. The summed E-state index contributed by atoms with van der Waals surface area (Å²) in [6.07, 6.45) is 0.981. The van der Waals surface area contributed by atoms with Crippen molar-refractivity contribution in [2.75, 3.05) is 6.54 Å². The van der Waals surface area contributed by atoms with Crippen molar-refractivity contribution in [2.24, 2.45) is 5.92 Å². The van der Waals surface area contributed by atoms with Crippen LogP contribution in [0, 0.1) is 5.92 Å². The molecule has 0 spiro atoms. The summed E-state index contributed by atoms with van der Waals surface area (Å²) in [6.45, 7) is 8.50. The number of rotatable bonds is 5. The van der Waals surface area contributed by atoms with Gasteiger partial charge >= 0.3 is 0 Å². The Labute approximate surface area is 83.7 Å². The molecule has 1 rings (SSSR count). The molecule has 0 saturated heterocycles. The summed E-state index contributed by atoms with van der Waals surface area (Å²) < 4.78 is 3.94. The van der Waals surface area contributed by atoms with Gasteiger partial charge in [0, 0.05) is 6.54 Å². The summed E-state index contributed by atoms with van der Waals surface area (Å²) in [5.41, 5.74) is 1.14. The van der Waals surface area contributed by atoms with Crippen molar-refractivity contribution in [2.45, 2.75) is 33.7 Å². The molecular formula is C9H17N3S. The summed E-state index contributed by atoms with van der Waals surface area (Å²) in [5, 5.41) is 7.45. The first-order valence-corrected chi connectivity index (χ1v) is 5.52. The molecule has 1 aromatic rings. The highest BCUT2D eigenvalue weighted by Crippen LogP contribution is 2.10. The fourth-order valence-electron chi connectivity index (χ4n) is 1.10. The molecule has 0 fully saturated rings. The average molecular weight is 199 g/mol. The normalized spacial score (nSPS) is 11.1. The second kappa shape index (κ2) is 5.29. The third-order valence-corrected chi connectivity index (χ3v) is 2.57. The van der Waals surface area contributed by atoms with E-state index in [9.17, 15) is 0 Å². The third-order valence-electron chi connectivity index (χ3n) is 1.81. The number of hydrogen-bond acceptors (Lipinski definition) is 4. The van der Waals surface area contributed by atoms with Crippen LogP contribution >= 0.6 is 11.5 Å². The van der Waals surface area contributed by atoms with E-state index < -0.39 is 0 Å². The third kappa shape index (κ3) is 3.40. The highest BCUT2D eigenvalue weighted by atomic mass is 32.1. The van der Waals surface area contributed by atoms with Crippen molar-refractivity contribution in [1.29, 1.82) is 0 Å². The zero-order valence-electron chi connectivity index (χ0n) is 8.50. The fraction of sp³-hybridized carbons (Fsp3) is 0.778. The van der Waals surface area contributed by atoms with Crippen molar-refractivity contribution in [1.82, 2.24) is 14.9 Å². The van der Waals surface area contributed by atoms with E-state index in [1.165, 1.54) is 16.4 Å². The lowest BCUT2D eigenvalue weighted by Crippen LogP contribution is -2.18. The minimum Gasteiger partial charge on any atom is -0.311 e. The van der Waals surface area contributed by atoms with Gasteiger partial charge in [0.2, 0.25) is 0 Å². The summed E-state index contributed by atoms with van der Waals surface area (Å²) in [5.74, 6) is 0.700. The van der Waals surface area contributed by atoms with Crippen LogP contribution in [0.1, 0.15) is 31.3 Å². The van der Waals surface area contributed by atoms with E-state index in [0.29, 0.717) is 5.92 Å². The Morgan fingerprint density at radius 2 is 2.23 bits per heavy atom. The van der Waals surface area contributed by atoms with E-state index in [-0.39, 0.29) is 0 Å². The molecule has 0 aliphatic carbocycles. The predicted octanol–water partition coefficient (Wildman–Crippen LogP) is 1.85. The molecule has 0 aliphatic heterocycles. The maximum atomic E-state index is 4.06. The standard InChI is InChI=1S/C9H17N3S/c1-4-8-9(13-12-11-8)6-10-5-7(2)3/h7,10H,4-6H2,1-3H3. The first kappa shape index (κ1) is 10.6. The van der Waals surface area contributed by atoms with Gasteiger partial charge in [-0.25, -0.2) is 0 Å². The maximum absolute atomic E-state index is 4.06. The molecule has 3 nitrogen and oxygen atoms in total. The van der Waals surface area contributed by atoms with Crippen LogP contribution in [0.4, 0.5) is 0 Å². The van der Waals surface area contributed by atoms with Crippen LogP contribution in [0.25, 0.3) is 0 Å². The molecule has 1 aromatic heterocycles. The molecule has 0 bridgehead atoms. The van der Waals surface area contributed by atoms with Crippen LogP contribution in [0.15, 0.2) is 0 Å². The van der Waals surface area contributed by atoms with E-state index in [1.54, 1.807) is 0 Å². The number of hydrogen-bond donors (Lipinski definition) is 1. The quantitative estimate of drug-likeness (QED) is 0.786.